The predicted molar refractivity (Wildman–Crippen MR) is 75.1 cm³/mol. The first-order valence-corrected chi connectivity index (χ1v) is 5.74. The van der Waals surface area contributed by atoms with Crippen molar-refractivity contribution in [3.05, 3.63) is 48.3 Å². The maximum atomic E-state index is 13.0. The van der Waals surface area contributed by atoms with E-state index in [1.54, 1.807) is 12.3 Å². The number of rotatable bonds is 1. The molecule has 0 radical (unpaired) electrons. The van der Waals surface area contributed by atoms with Gasteiger partial charge in [0, 0.05) is 18.0 Å². The number of aromatic nitrogens is 3. The lowest BCUT2D eigenvalue weighted by molar-refractivity contribution is -0.137. The number of hydrogen-bond acceptors (Lipinski definition) is 3. The Labute approximate surface area is 123 Å². The maximum absolute atomic E-state index is 13.0. The van der Waals surface area contributed by atoms with Crippen molar-refractivity contribution < 1.29 is 13.2 Å². The number of fused-ring (bicyclic) bond motifs is 1. The third-order valence-electron chi connectivity index (χ3n) is 2.92. The largest absolute Gasteiger partial charge is 0.417 e. The summed E-state index contributed by atoms with van der Waals surface area (Å²) in [6.07, 6.45) is -1.38. The molecule has 0 spiro atoms. The van der Waals surface area contributed by atoms with Gasteiger partial charge in [-0.25, -0.2) is 9.50 Å². The van der Waals surface area contributed by atoms with E-state index in [2.05, 4.69) is 10.1 Å². The molecule has 2 N–H and O–H groups in total. The highest BCUT2D eigenvalue weighted by atomic mass is 35.5. The molecule has 0 aliphatic carbocycles. The zero-order chi connectivity index (χ0) is 14.3. The fourth-order valence-electron chi connectivity index (χ4n) is 2.04. The normalized spacial score (nSPS) is 11.4. The average Bonchev–Trinajstić information content (AvgIpc) is 2.76. The van der Waals surface area contributed by atoms with Crippen molar-refractivity contribution in [3.63, 3.8) is 0 Å². The van der Waals surface area contributed by atoms with Crippen LogP contribution in [0.25, 0.3) is 16.9 Å². The van der Waals surface area contributed by atoms with E-state index < -0.39 is 11.7 Å². The Morgan fingerprint density at radius 2 is 1.81 bits per heavy atom. The van der Waals surface area contributed by atoms with Crippen molar-refractivity contribution in [2.45, 2.75) is 6.18 Å². The molecule has 1 aromatic carbocycles. The molecule has 2 aromatic heterocycles. The summed E-state index contributed by atoms with van der Waals surface area (Å²) in [5.41, 5.74) is 5.59. The number of hydrogen-bond donors (Lipinski definition) is 1. The Kier molecular flexibility index (Phi) is 3.78. The summed E-state index contributed by atoms with van der Waals surface area (Å²) in [6.45, 7) is 0. The highest BCUT2D eigenvalue weighted by Crippen LogP contribution is 2.38. The van der Waals surface area contributed by atoms with E-state index in [4.69, 9.17) is 5.73 Å². The molecular weight excluding hydrogens is 305 g/mol. The van der Waals surface area contributed by atoms with E-state index in [-0.39, 0.29) is 29.4 Å². The molecule has 3 rings (SSSR count). The van der Waals surface area contributed by atoms with Crippen LogP contribution < -0.4 is 5.73 Å². The molecule has 0 aliphatic heterocycles. The van der Waals surface area contributed by atoms with Gasteiger partial charge in [-0.1, -0.05) is 18.2 Å². The summed E-state index contributed by atoms with van der Waals surface area (Å²) in [5.74, 6) is 0. The molecule has 110 valence electrons. The fraction of sp³-hybridized carbons (Fsp3) is 0.0769. The van der Waals surface area contributed by atoms with Crippen LogP contribution >= 0.6 is 12.4 Å². The molecule has 21 heavy (non-hydrogen) atoms. The lowest BCUT2D eigenvalue weighted by Crippen LogP contribution is -2.07. The van der Waals surface area contributed by atoms with E-state index in [1.165, 1.54) is 28.9 Å². The molecule has 0 saturated heterocycles. The Hall–Kier alpha value is -2.28. The SMILES string of the molecule is Cl.Nc1c(-c2ccccc2C(F)(F)F)nn2cccnc12. The van der Waals surface area contributed by atoms with Crippen LogP contribution in [0.15, 0.2) is 42.7 Å². The van der Waals surface area contributed by atoms with Crippen LogP contribution in [-0.2, 0) is 6.18 Å². The minimum absolute atomic E-state index is 0. The van der Waals surface area contributed by atoms with Crippen molar-refractivity contribution >= 4 is 23.7 Å². The van der Waals surface area contributed by atoms with E-state index in [1.807, 2.05) is 0 Å². The third-order valence-corrected chi connectivity index (χ3v) is 2.92. The molecule has 0 amide bonds. The molecule has 0 aliphatic rings. The number of benzene rings is 1. The van der Waals surface area contributed by atoms with Crippen molar-refractivity contribution in [2.24, 2.45) is 0 Å². The van der Waals surface area contributed by atoms with Gasteiger partial charge < -0.3 is 5.73 Å². The summed E-state index contributed by atoms with van der Waals surface area (Å²) in [7, 11) is 0. The fourth-order valence-corrected chi connectivity index (χ4v) is 2.04. The van der Waals surface area contributed by atoms with Crippen LogP contribution in [-0.4, -0.2) is 14.6 Å². The van der Waals surface area contributed by atoms with Crippen molar-refractivity contribution in [2.75, 3.05) is 5.73 Å². The topological polar surface area (TPSA) is 56.2 Å². The summed E-state index contributed by atoms with van der Waals surface area (Å²) in [6, 6.07) is 6.82. The van der Waals surface area contributed by atoms with Gasteiger partial charge >= 0.3 is 6.18 Å². The molecule has 0 atom stereocenters. The monoisotopic (exact) mass is 314 g/mol. The molecule has 0 fully saturated rings. The zero-order valence-electron chi connectivity index (χ0n) is 10.5. The summed E-state index contributed by atoms with van der Waals surface area (Å²) >= 11 is 0. The van der Waals surface area contributed by atoms with Gasteiger partial charge in [0.2, 0.25) is 0 Å². The maximum Gasteiger partial charge on any atom is 0.417 e. The number of nitrogens with two attached hydrogens (primary N) is 1. The van der Waals surface area contributed by atoms with Crippen LogP contribution in [0.1, 0.15) is 5.56 Å². The average molecular weight is 315 g/mol. The zero-order valence-corrected chi connectivity index (χ0v) is 11.3. The molecule has 0 unspecified atom stereocenters. The van der Waals surface area contributed by atoms with E-state index in [9.17, 15) is 13.2 Å². The molecule has 4 nitrogen and oxygen atoms in total. The smallest absolute Gasteiger partial charge is 0.394 e. The van der Waals surface area contributed by atoms with Gasteiger partial charge in [0.05, 0.1) is 5.56 Å². The number of nitrogens with zero attached hydrogens (tertiary/aromatic N) is 3. The van der Waals surface area contributed by atoms with Gasteiger partial charge in [-0.15, -0.1) is 12.4 Å². The number of anilines is 1. The van der Waals surface area contributed by atoms with Crippen molar-refractivity contribution in [1.82, 2.24) is 14.6 Å². The summed E-state index contributed by atoms with van der Waals surface area (Å²) in [4.78, 5) is 4.01. The quantitative estimate of drug-likeness (QED) is 0.749. The third kappa shape index (κ3) is 2.52. The minimum Gasteiger partial charge on any atom is -0.394 e. The molecule has 3 aromatic rings. The lowest BCUT2D eigenvalue weighted by atomic mass is 10.0. The standard InChI is InChI=1S/C13H9F3N4.ClH/c14-13(15,16)9-5-2-1-4-8(9)11-10(17)12-18-6-3-7-20(12)19-11;/h1-7H,17H2;1H. The Morgan fingerprint density at radius 3 is 2.48 bits per heavy atom. The number of nitrogen functional groups attached to an aromatic ring is 1. The lowest BCUT2D eigenvalue weighted by Gasteiger charge is -2.11. The summed E-state index contributed by atoms with van der Waals surface area (Å²) < 4.78 is 40.4. The Morgan fingerprint density at radius 1 is 1.10 bits per heavy atom. The van der Waals surface area contributed by atoms with E-state index >= 15 is 0 Å². The summed E-state index contributed by atoms with van der Waals surface area (Å²) in [5, 5.41) is 4.09. The Balaban J connectivity index is 0.00000161. The van der Waals surface area contributed by atoms with E-state index in [0.717, 1.165) is 6.07 Å². The highest BCUT2D eigenvalue weighted by molar-refractivity contribution is 5.85. The minimum atomic E-state index is -4.47. The number of alkyl halides is 3. The highest BCUT2D eigenvalue weighted by Gasteiger charge is 2.34. The second-order valence-electron chi connectivity index (χ2n) is 4.19. The first-order chi connectivity index (χ1) is 9.48. The molecule has 0 bridgehead atoms. The van der Waals surface area contributed by atoms with Crippen molar-refractivity contribution in [3.8, 4) is 11.3 Å². The van der Waals surface area contributed by atoms with Crippen LogP contribution in [0.4, 0.5) is 18.9 Å². The van der Waals surface area contributed by atoms with Gasteiger partial charge in [-0.05, 0) is 12.1 Å². The second kappa shape index (κ2) is 5.25. The molecule has 2 heterocycles. The molecule has 0 saturated carbocycles. The van der Waals surface area contributed by atoms with Crippen LogP contribution in [0.2, 0.25) is 0 Å². The van der Waals surface area contributed by atoms with Crippen molar-refractivity contribution in [1.29, 1.82) is 0 Å². The van der Waals surface area contributed by atoms with Crippen LogP contribution in [0.5, 0.6) is 0 Å². The van der Waals surface area contributed by atoms with Gasteiger partial charge in [0.1, 0.15) is 11.4 Å². The molecular formula is C13H10ClF3N4. The van der Waals surface area contributed by atoms with Gasteiger partial charge in [0.25, 0.3) is 0 Å². The van der Waals surface area contributed by atoms with Crippen LogP contribution in [0.3, 0.4) is 0 Å². The second-order valence-corrected chi connectivity index (χ2v) is 4.19. The number of halogens is 4. The first-order valence-electron chi connectivity index (χ1n) is 5.74. The van der Waals surface area contributed by atoms with Gasteiger partial charge in [0.15, 0.2) is 5.65 Å². The van der Waals surface area contributed by atoms with Gasteiger partial charge in [-0.3, -0.25) is 0 Å². The first kappa shape index (κ1) is 15.1. The van der Waals surface area contributed by atoms with Crippen LogP contribution in [0, 0.1) is 0 Å². The molecule has 8 heteroatoms. The predicted octanol–water partition coefficient (Wildman–Crippen LogP) is 3.42. The Bertz CT molecular complexity index is 782. The van der Waals surface area contributed by atoms with E-state index in [0.29, 0.717) is 5.65 Å². The van der Waals surface area contributed by atoms with Gasteiger partial charge in [-0.2, -0.15) is 18.3 Å².